The van der Waals surface area contributed by atoms with Gasteiger partial charge < -0.3 is 0 Å². The lowest BCUT2D eigenvalue weighted by atomic mass is 9.92. The third-order valence-corrected chi connectivity index (χ3v) is 5.14. The van der Waals surface area contributed by atoms with E-state index in [9.17, 15) is 0 Å². The number of hydrogen-bond acceptors (Lipinski definition) is 0. The van der Waals surface area contributed by atoms with Crippen LogP contribution in [0.2, 0.25) is 0 Å². The van der Waals surface area contributed by atoms with Gasteiger partial charge in [-0.3, -0.25) is 0 Å². The van der Waals surface area contributed by atoms with E-state index in [0.717, 1.165) is 43.8 Å². The standard InChI is InChI=1S/C30H18/c1-3-11-23(12-4-1)19-21-29-25-15-7-9-17-27(25)30(28-18-10-8-16-26(28)29)22-20-24-13-5-2-6-14-24/h1-18H. The van der Waals surface area contributed by atoms with Crippen molar-refractivity contribution in [1.29, 1.82) is 0 Å². The highest BCUT2D eigenvalue weighted by molar-refractivity contribution is 6.09. The Morgan fingerprint density at radius 3 is 0.933 bits per heavy atom. The smallest absolute Gasteiger partial charge is 0.0406 e. The SMILES string of the molecule is C(#Cc1c2ccccc2c(C#Cc2ccccc2)c2ccccc12)c1ccccc1. The van der Waals surface area contributed by atoms with Crippen LogP contribution >= 0.6 is 0 Å². The topological polar surface area (TPSA) is 0 Å². The van der Waals surface area contributed by atoms with Crippen molar-refractivity contribution in [3.8, 4) is 23.7 Å². The maximum absolute atomic E-state index is 3.45. The number of fused-ring (bicyclic) bond motifs is 2. The zero-order valence-electron chi connectivity index (χ0n) is 16.4. The molecule has 30 heavy (non-hydrogen) atoms. The van der Waals surface area contributed by atoms with Gasteiger partial charge in [0.15, 0.2) is 0 Å². The molecule has 0 spiro atoms. The summed E-state index contributed by atoms with van der Waals surface area (Å²) in [7, 11) is 0. The minimum absolute atomic E-state index is 1.01. The van der Waals surface area contributed by atoms with E-state index in [0.29, 0.717) is 0 Å². The molecule has 0 aliphatic carbocycles. The van der Waals surface area contributed by atoms with Gasteiger partial charge in [-0.25, -0.2) is 0 Å². The molecule has 138 valence electrons. The van der Waals surface area contributed by atoms with E-state index in [1.54, 1.807) is 0 Å². The van der Waals surface area contributed by atoms with Gasteiger partial charge in [-0.2, -0.15) is 0 Å². The fourth-order valence-electron chi connectivity index (χ4n) is 3.71. The highest BCUT2D eigenvalue weighted by Crippen LogP contribution is 2.32. The Morgan fingerprint density at radius 2 is 0.600 bits per heavy atom. The van der Waals surface area contributed by atoms with Crippen molar-refractivity contribution in [3.05, 3.63) is 131 Å². The minimum atomic E-state index is 1.01. The van der Waals surface area contributed by atoms with Crippen molar-refractivity contribution >= 4 is 21.5 Å². The van der Waals surface area contributed by atoms with Gasteiger partial charge in [0.1, 0.15) is 0 Å². The van der Waals surface area contributed by atoms with Gasteiger partial charge in [0.05, 0.1) is 0 Å². The summed E-state index contributed by atoms with van der Waals surface area (Å²) in [5.74, 6) is 13.6. The van der Waals surface area contributed by atoms with Gasteiger partial charge in [-0.1, -0.05) is 109 Å². The van der Waals surface area contributed by atoms with Crippen LogP contribution in [0.4, 0.5) is 0 Å². The van der Waals surface area contributed by atoms with Crippen molar-refractivity contribution in [2.45, 2.75) is 0 Å². The molecule has 0 fully saturated rings. The molecule has 0 bridgehead atoms. The van der Waals surface area contributed by atoms with Crippen LogP contribution in [0.1, 0.15) is 22.3 Å². The largest absolute Gasteiger partial charge is 0.0622 e. The van der Waals surface area contributed by atoms with Gasteiger partial charge in [0, 0.05) is 22.3 Å². The normalized spacial score (nSPS) is 10.1. The lowest BCUT2D eigenvalue weighted by Crippen LogP contribution is -1.90. The van der Waals surface area contributed by atoms with Crippen LogP contribution in [0.5, 0.6) is 0 Å². The molecule has 0 aromatic heterocycles. The van der Waals surface area contributed by atoms with E-state index >= 15 is 0 Å². The summed E-state index contributed by atoms with van der Waals surface area (Å²) in [6.07, 6.45) is 0. The van der Waals surface area contributed by atoms with E-state index in [1.165, 1.54) is 0 Å². The van der Waals surface area contributed by atoms with Crippen molar-refractivity contribution < 1.29 is 0 Å². The Balaban J connectivity index is 1.79. The maximum atomic E-state index is 3.45. The molecule has 0 atom stereocenters. The van der Waals surface area contributed by atoms with Crippen LogP contribution in [0, 0.1) is 23.7 Å². The average Bonchev–Trinajstić information content (AvgIpc) is 2.82. The average molecular weight is 378 g/mol. The maximum Gasteiger partial charge on any atom is 0.0406 e. The molecule has 0 aliphatic heterocycles. The van der Waals surface area contributed by atoms with Crippen LogP contribution in [-0.4, -0.2) is 0 Å². The van der Waals surface area contributed by atoms with E-state index in [1.807, 2.05) is 60.7 Å². The Bertz CT molecular complexity index is 1300. The van der Waals surface area contributed by atoms with Gasteiger partial charge >= 0.3 is 0 Å². The van der Waals surface area contributed by atoms with E-state index < -0.39 is 0 Å². The quantitative estimate of drug-likeness (QED) is 0.205. The summed E-state index contributed by atoms with van der Waals surface area (Å²) in [5.41, 5.74) is 4.13. The van der Waals surface area contributed by atoms with Crippen molar-refractivity contribution in [3.63, 3.8) is 0 Å². The van der Waals surface area contributed by atoms with E-state index in [2.05, 4.69) is 72.2 Å². The first kappa shape index (κ1) is 17.8. The van der Waals surface area contributed by atoms with Gasteiger partial charge in [-0.05, 0) is 45.8 Å². The highest BCUT2D eigenvalue weighted by Gasteiger charge is 2.11. The fraction of sp³-hybridized carbons (Fsp3) is 0. The lowest BCUT2D eigenvalue weighted by molar-refractivity contribution is 1.64. The third kappa shape index (κ3) is 3.44. The van der Waals surface area contributed by atoms with E-state index in [4.69, 9.17) is 0 Å². The molecule has 5 rings (SSSR count). The molecule has 0 saturated heterocycles. The number of hydrogen-bond donors (Lipinski definition) is 0. The summed E-state index contributed by atoms with van der Waals surface area (Å²) >= 11 is 0. The summed E-state index contributed by atoms with van der Waals surface area (Å²) in [6.45, 7) is 0. The second-order valence-electron chi connectivity index (χ2n) is 7.07. The summed E-state index contributed by atoms with van der Waals surface area (Å²) in [6, 6.07) is 37.1. The van der Waals surface area contributed by atoms with Crippen LogP contribution in [0.25, 0.3) is 21.5 Å². The Morgan fingerprint density at radius 1 is 0.300 bits per heavy atom. The Labute approximate surface area is 176 Å². The summed E-state index contributed by atoms with van der Waals surface area (Å²) < 4.78 is 0. The zero-order valence-corrected chi connectivity index (χ0v) is 16.4. The second-order valence-corrected chi connectivity index (χ2v) is 7.07. The first-order chi connectivity index (χ1) is 14.9. The number of rotatable bonds is 0. The molecule has 0 saturated carbocycles. The van der Waals surface area contributed by atoms with E-state index in [-0.39, 0.29) is 0 Å². The molecular weight excluding hydrogens is 360 g/mol. The summed E-state index contributed by atoms with van der Waals surface area (Å²) in [4.78, 5) is 0. The van der Waals surface area contributed by atoms with Crippen molar-refractivity contribution in [2.24, 2.45) is 0 Å². The van der Waals surface area contributed by atoms with Gasteiger partial charge in [-0.15, -0.1) is 0 Å². The second kappa shape index (κ2) is 8.00. The molecule has 5 aromatic rings. The minimum Gasteiger partial charge on any atom is -0.0622 e. The van der Waals surface area contributed by atoms with Crippen molar-refractivity contribution in [2.75, 3.05) is 0 Å². The molecule has 0 N–H and O–H groups in total. The molecule has 0 amide bonds. The predicted octanol–water partition coefficient (Wildman–Crippen LogP) is 6.79. The third-order valence-electron chi connectivity index (χ3n) is 5.14. The van der Waals surface area contributed by atoms with Gasteiger partial charge in [0.25, 0.3) is 0 Å². The molecule has 5 aromatic carbocycles. The van der Waals surface area contributed by atoms with Crippen LogP contribution in [0.15, 0.2) is 109 Å². The molecule has 0 unspecified atom stereocenters. The van der Waals surface area contributed by atoms with Crippen LogP contribution in [0.3, 0.4) is 0 Å². The zero-order chi connectivity index (χ0) is 20.2. The first-order valence-corrected chi connectivity index (χ1v) is 9.98. The van der Waals surface area contributed by atoms with Crippen LogP contribution in [-0.2, 0) is 0 Å². The van der Waals surface area contributed by atoms with Crippen LogP contribution < -0.4 is 0 Å². The molecule has 0 aliphatic rings. The molecule has 0 heteroatoms. The monoisotopic (exact) mass is 378 g/mol. The fourth-order valence-corrected chi connectivity index (χ4v) is 3.71. The highest BCUT2D eigenvalue weighted by atomic mass is 14.1. The predicted molar refractivity (Wildman–Crippen MR) is 126 cm³/mol. The lowest BCUT2D eigenvalue weighted by Gasteiger charge is -2.10. The Kier molecular flexibility index (Phi) is 4.75. The summed E-state index contributed by atoms with van der Waals surface area (Å²) in [5, 5.41) is 4.54. The number of benzene rings is 5. The molecule has 0 radical (unpaired) electrons. The van der Waals surface area contributed by atoms with Crippen molar-refractivity contribution in [1.82, 2.24) is 0 Å². The first-order valence-electron chi connectivity index (χ1n) is 9.98. The molecule has 0 nitrogen and oxygen atoms in total. The Hall–Kier alpha value is -4.26. The molecule has 0 heterocycles. The molecular formula is C30H18. The van der Waals surface area contributed by atoms with Gasteiger partial charge in [0.2, 0.25) is 0 Å².